The highest BCUT2D eigenvalue weighted by molar-refractivity contribution is 6.15. The summed E-state index contributed by atoms with van der Waals surface area (Å²) in [5, 5.41) is 9.39. The number of likely N-dealkylation sites (N-methyl/N-ethyl adjacent to an activating group) is 1. The number of halogens is 1. The minimum Gasteiger partial charge on any atom is -0.311 e. The summed E-state index contributed by atoms with van der Waals surface area (Å²) in [6.45, 7) is 5.48. The Balaban J connectivity index is 0.00000304. The van der Waals surface area contributed by atoms with E-state index < -0.39 is 12.2 Å². The van der Waals surface area contributed by atoms with Gasteiger partial charge in [-0.25, -0.2) is 4.79 Å². The molecule has 5 rings (SSSR count). The average molecular weight is 510 g/mol. The molecular weight excluding hydrogens is 474 g/mol. The quantitative estimate of drug-likeness (QED) is 0.561. The Morgan fingerprint density at radius 3 is 2.72 bits per heavy atom. The second kappa shape index (κ2) is 10.6. The molecule has 2 aromatic carbocycles. The van der Waals surface area contributed by atoms with Crippen molar-refractivity contribution in [3.05, 3.63) is 59.2 Å². The highest BCUT2D eigenvalue weighted by atomic mass is 35.5. The number of benzodiazepines with no additional fused rings is 1. The molecule has 0 saturated carbocycles. The summed E-state index contributed by atoms with van der Waals surface area (Å²) in [6.07, 6.45) is 5.35. The molecule has 7 nitrogen and oxygen atoms in total. The number of urea groups is 1. The van der Waals surface area contributed by atoms with Crippen molar-refractivity contribution in [2.75, 3.05) is 23.8 Å². The van der Waals surface area contributed by atoms with Crippen molar-refractivity contribution in [1.82, 2.24) is 10.6 Å². The van der Waals surface area contributed by atoms with Gasteiger partial charge in [0.05, 0.1) is 11.4 Å². The number of nitrogens with zero attached hydrogens (tertiary/aromatic N) is 2. The van der Waals surface area contributed by atoms with Gasteiger partial charge in [-0.05, 0) is 79.8 Å². The van der Waals surface area contributed by atoms with Gasteiger partial charge in [-0.2, -0.15) is 0 Å². The van der Waals surface area contributed by atoms with Crippen molar-refractivity contribution in [3.8, 4) is 0 Å². The molecule has 0 radical (unpaired) electrons. The number of nitrogens with one attached hydrogen (secondary N) is 3. The van der Waals surface area contributed by atoms with Crippen LogP contribution in [0.3, 0.4) is 0 Å². The Kier molecular flexibility index (Phi) is 7.71. The number of aliphatic imine (C=N–C) groups is 1. The zero-order valence-corrected chi connectivity index (χ0v) is 22.1. The van der Waals surface area contributed by atoms with Crippen LogP contribution in [0.2, 0.25) is 0 Å². The zero-order valence-electron chi connectivity index (χ0n) is 21.3. The molecule has 2 aliphatic heterocycles. The van der Waals surface area contributed by atoms with Crippen molar-refractivity contribution >= 4 is 41.4 Å². The molecule has 2 unspecified atom stereocenters. The molecule has 3 aliphatic rings. The standard InChI is InChI=1S/C28H35N5O2.ClH/c1-28(2)14-13-22(29-16-15-28)24-21-9-4-5-10-23(21)33(3)26(34)25(31-24)32-27(35)30-20-12-11-18-7-6-8-19(18)17-20;/h4-5,9-12,17,22,25,29H,6-8,13-16H2,1-3H3,(H2,30,32,35);1H. The average Bonchev–Trinajstić information content (AvgIpc) is 3.19. The monoisotopic (exact) mass is 509 g/mol. The second-order valence-corrected chi connectivity index (χ2v) is 10.7. The van der Waals surface area contributed by atoms with Crippen LogP contribution in [-0.2, 0) is 17.6 Å². The Morgan fingerprint density at radius 2 is 1.89 bits per heavy atom. The Bertz CT molecular complexity index is 1180. The van der Waals surface area contributed by atoms with Crippen LogP contribution in [0.1, 0.15) is 56.2 Å². The second-order valence-electron chi connectivity index (χ2n) is 10.7. The molecule has 0 bridgehead atoms. The summed E-state index contributed by atoms with van der Waals surface area (Å²) in [5.41, 5.74) is 6.20. The molecule has 2 atom stereocenters. The van der Waals surface area contributed by atoms with Gasteiger partial charge in [0.25, 0.3) is 5.91 Å². The van der Waals surface area contributed by atoms with Gasteiger partial charge >= 0.3 is 6.03 Å². The topological polar surface area (TPSA) is 85.8 Å². The van der Waals surface area contributed by atoms with E-state index >= 15 is 0 Å². The first-order valence-electron chi connectivity index (χ1n) is 12.7. The van der Waals surface area contributed by atoms with Crippen LogP contribution in [0.4, 0.5) is 16.2 Å². The molecular formula is C28H36ClN5O2. The number of anilines is 2. The SMILES string of the molecule is CN1C(=O)C(NC(=O)Nc2ccc3c(c2)CCC3)N=C(C2CCC(C)(C)CCN2)c2ccccc21.Cl. The van der Waals surface area contributed by atoms with Crippen molar-refractivity contribution in [3.63, 3.8) is 0 Å². The van der Waals surface area contributed by atoms with Gasteiger partial charge in [0.15, 0.2) is 0 Å². The van der Waals surface area contributed by atoms with E-state index in [1.807, 2.05) is 36.4 Å². The molecule has 36 heavy (non-hydrogen) atoms. The first kappa shape index (κ1) is 26.2. The lowest BCUT2D eigenvalue weighted by molar-refractivity contribution is -0.119. The van der Waals surface area contributed by atoms with Crippen molar-refractivity contribution in [1.29, 1.82) is 0 Å². The van der Waals surface area contributed by atoms with Gasteiger partial charge < -0.3 is 20.9 Å². The van der Waals surface area contributed by atoms with E-state index in [9.17, 15) is 9.59 Å². The van der Waals surface area contributed by atoms with E-state index in [1.54, 1.807) is 11.9 Å². The first-order chi connectivity index (χ1) is 16.8. The summed E-state index contributed by atoms with van der Waals surface area (Å²) >= 11 is 0. The maximum Gasteiger partial charge on any atom is 0.321 e. The van der Waals surface area contributed by atoms with Gasteiger partial charge in [-0.1, -0.05) is 38.1 Å². The van der Waals surface area contributed by atoms with E-state index in [2.05, 4.69) is 35.9 Å². The van der Waals surface area contributed by atoms with Gasteiger partial charge in [0.2, 0.25) is 6.17 Å². The van der Waals surface area contributed by atoms with E-state index in [0.29, 0.717) is 0 Å². The third-order valence-electron chi connectivity index (χ3n) is 7.63. The minimum absolute atomic E-state index is 0. The normalized spacial score (nSPS) is 22.8. The Labute approximate surface area is 219 Å². The smallest absolute Gasteiger partial charge is 0.311 e. The summed E-state index contributed by atoms with van der Waals surface area (Å²) in [7, 11) is 1.75. The predicted molar refractivity (Wildman–Crippen MR) is 147 cm³/mol. The van der Waals surface area contributed by atoms with Crippen LogP contribution < -0.4 is 20.9 Å². The van der Waals surface area contributed by atoms with Crippen molar-refractivity contribution < 1.29 is 9.59 Å². The number of carbonyl (C=O) groups excluding carboxylic acids is 2. The van der Waals surface area contributed by atoms with Gasteiger partial charge in [0, 0.05) is 24.3 Å². The Hall–Kier alpha value is -2.90. The first-order valence-corrected chi connectivity index (χ1v) is 12.7. The van der Waals surface area contributed by atoms with Gasteiger partial charge in [0.1, 0.15) is 0 Å². The highest BCUT2D eigenvalue weighted by Crippen LogP contribution is 2.32. The molecule has 0 spiro atoms. The largest absolute Gasteiger partial charge is 0.321 e. The summed E-state index contributed by atoms with van der Waals surface area (Å²) in [4.78, 5) is 32.9. The molecule has 3 N–H and O–H groups in total. The van der Waals surface area contributed by atoms with Crippen LogP contribution in [0.25, 0.3) is 0 Å². The van der Waals surface area contributed by atoms with Crippen LogP contribution >= 0.6 is 12.4 Å². The predicted octanol–water partition coefficient (Wildman–Crippen LogP) is 4.68. The van der Waals surface area contributed by atoms with E-state index in [-0.39, 0.29) is 29.8 Å². The summed E-state index contributed by atoms with van der Waals surface area (Å²) in [6, 6.07) is 13.5. The lowest BCUT2D eigenvalue weighted by atomic mass is 9.84. The third-order valence-corrected chi connectivity index (χ3v) is 7.63. The lowest BCUT2D eigenvalue weighted by Gasteiger charge is -2.22. The number of aryl methyl sites for hydroxylation is 2. The third kappa shape index (κ3) is 5.42. The van der Waals surface area contributed by atoms with Crippen LogP contribution in [0.15, 0.2) is 47.5 Å². The molecule has 2 aromatic rings. The summed E-state index contributed by atoms with van der Waals surface area (Å²) in [5.74, 6) is -0.259. The van der Waals surface area contributed by atoms with Crippen molar-refractivity contribution in [2.24, 2.45) is 10.4 Å². The summed E-state index contributed by atoms with van der Waals surface area (Å²) < 4.78 is 0. The fourth-order valence-electron chi connectivity index (χ4n) is 5.44. The fraction of sp³-hybridized carbons (Fsp3) is 0.464. The molecule has 1 aliphatic carbocycles. The van der Waals surface area contributed by atoms with Gasteiger partial charge in [-0.3, -0.25) is 9.79 Å². The number of amides is 3. The number of benzene rings is 2. The number of hydrogen-bond donors (Lipinski definition) is 3. The molecule has 3 amide bonds. The number of carbonyl (C=O) groups is 2. The van der Waals surface area contributed by atoms with Crippen LogP contribution in [0, 0.1) is 5.41 Å². The number of rotatable bonds is 3. The van der Waals surface area contributed by atoms with E-state index in [4.69, 9.17) is 4.99 Å². The molecule has 192 valence electrons. The zero-order chi connectivity index (χ0) is 24.6. The molecule has 8 heteroatoms. The lowest BCUT2D eigenvalue weighted by Crippen LogP contribution is -2.47. The van der Waals surface area contributed by atoms with E-state index in [1.165, 1.54) is 11.1 Å². The van der Waals surface area contributed by atoms with Crippen LogP contribution in [0.5, 0.6) is 0 Å². The maximum absolute atomic E-state index is 13.4. The fourth-order valence-corrected chi connectivity index (χ4v) is 5.44. The molecule has 0 aromatic heterocycles. The van der Waals surface area contributed by atoms with Crippen LogP contribution in [-0.4, -0.2) is 43.5 Å². The van der Waals surface area contributed by atoms with Gasteiger partial charge in [-0.15, -0.1) is 12.4 Å². The molecule has 2 heterocycles. The maximum atomic E-state index is 13.4. The van der Waals surface area contributed by atoms with Crippen molar-refractivity contribution in [2.45, 2.75) is 64.6 Å². The molecule has 1 fully saturated rings. The Morgan fingerprint density at radius 1 is 1.11 bits per heavy atom. The highest BCUT2D eigenvalue weighted by Gasteiger charge is 2.34. The number of para-hydroxylation sites is 1. The number of hydrogen-bond acceptors (Lipinski definition) is 4. The number of fused-ring (bicyclic) bond motifs is 2. The molecule has 1 saturated heterocycles. The van der Waals surface area contributed by atoms with E-state index in [0.717, 1.165) is 67.7 Å². The minimum atomic E-state index is -1.00.